The number of hydrogen-bond acceptors (Lipinski definition) is 4. The van der Waals surface area contributed by atoms with Gasteiger partial charge in [0, 0.05) is 19.0 Å². The van der Waals surface area contributed by atoms with E-state index in [1.54, 1.807) is 0 Å². The van der Waals surface area contributed by atoms with Gasteiger partial charge in [-0.1, -0.05) is 13.8 Å². The lowest BCUT2D eigenvalue weighted by Gasteiger charge is -2.31. The van der Waals surface area contributed by atoms with Crippen LogP contribution in [0.3, 0.4) is 0 Å². The first kappa shape index (κ1) is 14.8. The second kappa shape index (κ2) is 4.95. The van der Waals surface area contributed by atoms with Gasteiger partial charge in [0.1, 0.15) is 6.04 Å². The fraction of sp³-hybridized carbons (Fsp3) is 0.867. The van der Waals surface area contributed by atoms with Crippen molar-refractivity contribution in [2.45, 2.75) is 38.8 Å². The lowest BCUT2D eigenvalue weighted by molar-refractivity contribution is -0.150. The zero-order valence-electron chi connectivity index (χ0n) is 12.8. The van der Waals surface area contributed by atoms with Crippen molar-refractivity contribution in [2.24, 2.45) is 23.0 Å². The van der Waals surface area contributed by atoms with E-state index in [4.69, 9.17) is 5.73 Å². The molecule has 1 saturated carbocycles. The maximum atomic E-state index is 12.5. The van der Waals surface area contributed by atoms with E-state index in [1.165, 1.54) is 4.90 Å². The van der Waals surface area contributed by atoms with Crippen LogP contribution in [-0.2, 0) is 9.59 Å². The minimum absolute atomic E-state index is 0.0406. The van der Waals surface area contributed by atoms with Crippen LogP contribution in [0.15, 0.2) is 0 Å². The Morgan fingerprint density at radius 2 is 1.95 bits per heavy atom. The number of carboxylic acid groups (broad SMARTS) is 1. The third-order valence-electron chi connectivity index (χ3n) is 5.72. The number of fused-ring (bicyclic) bond motifs is 1. The molecule has 2 aliphatic heterocycles. The number of aliphatic carboxylic acids is 1. The molecule has 0 aromatic rings. The van der Waals surface area contributed by atoms with E-state index in [9.17, 15) is 14.7 Å². The van der Waals surface area contributed by atoms with Crippen molar-refractivity contribution in [1.82, 2.24) is 9.80 Å². The van der Waals surface area contributed by atoms with Gasteiger partial charge in [0.2, 0.25) is 5.91 Å². The third-order valence-corrected chi connectivity index (χ3v) is 5.72. The standard InChI is InChI=1S/C15H25N3O3/c1-15(2)9-7-18(12(11(9)15)14(20)21)13(19)10(16)8-17-5-3-4-6-17/h9-12H,3-8,16H2,1-2H3,(H,20,21)/t9-,10?,11-,12-/m0/s1. The number of likely N-dealkylation sites (tertiary alicyclic amines) is 2. The summed E-state index contributed by atoms with van der Waals surface area (Å²) in [6, 6.07) is -1.30. The molecule has 3 N–H and O–H groups in total. The van der Waals surface area contributed by atoms with Gasteiger partial charge in [-0.2, -0.15) is 0 Å². The smallest absolute Gasteiger partial charge is 0.326 e. The highest BCUT2D eigenvalue weighted by molar-refractivity contribution is 5.88. The molecule has 2 saturated heterocycles. The molecular formula is C15H25N3O3. The van der Waals surface area contributed by atoms with E-state index in [-0.39, 0.29) is 17.2 Å². The molecular weight excluding hydrogens is 270 g/mol. The lowest BCUT2D eigenvalue weighted by Crippen LogP contribution is -2.54. The summed E-state index contributed by atoms with van der Waals surface area (Å²) in [5.41, 5.74) is 6.08. The topological polar surface area (TPSA) is 86.9 Å². The van der Waals surface area contributed by atoms with Gasteiger partial charge in [-0.25, -0.2) is 4.79 Å². The van der Waals surface area contributed by atoms with Gasteiger partial charge in [-0.3, -0.25) is 4.79 Å². The molecule has 1 unspecified atom stereocenters. The van der Waals surface area contributed by atoms with Crippen molar-refractivity contribution in [3.05, 3.63) is 0 Å². The van der Waals surface area contributed by atoms with Crippen molar-refractivity contribution in [1.29, 1.82) is 0 Å². The molecule has 4 atom stereocenters. The van der Waals surface area contributed by atoms with Gasteiger partial charge in [0.25, 0.3) is 0 Å². The summed E-state index contributed by atoms with van der Waals surface area (Å²) in [6.07, 6.45) is 2.31. The Balaban J connectivity index is 1.65. The predicted octanol–water partition coefficient (Wildman–Crippen LogP) is -0.0229. The second-order valence-electron chi connectivity index (χ2n) is 7.34. The van der Waals surface area contributed by atoms with E-state index in [2.05, 4.69) is 18.7 Å². The SMILES string of the molecule is CC1(C)[C@@H]2[C@@H](C(=O)O)N(C(=O)C(N)CN3CCCC3)C[C@@H]21. The second-order valence-corrected chi connectivity index (χ2v) is 7.34. The van der Waals surface area contributed by atoms with Crippen molar-refractivity contribution in [3.8, 4) is 0 Å². The normalized spacial score (nSPS) is 35.6. The predicted molar refractivity (Wildman–Crippen MR) is 77.5 cm³/mol. The number of piperidine rings is 1. The fourth-order valence-corrected chi connectivity index (χ4v) is 4.33. The van der Waals surface area contributed by atoms with Crippen LogP contribution < -0.4 is 5.73 Å². The Morgan fingerprint density at radius 1 is 1.33 bits per heavy atom. The zero-order chi connectivity index (χ0) is 15.4. The van der Waals surface area contributed by atoms with Gasteiger partial charge in [-0.05, 0) is 37.3 Å². The van der Waals surface area contributed by atoms with Gasteiger partial charge in [0.15, 0.2) is 0 Å². The highest BCUT2D eigenvalue weighted by Gasteiger charge is 2.69. The minimum Gasteiger partial charge on any atom is -0.480 e. The minimum atomic E-state index is -0.894. The average molecular weight is 295 g/mol. The van der Waals surface area contributed by atoms with E-state index in [0.717, 1.165) is 25.9 Å². The first-order valence-corrected chi connectivity index (χ1v) is 7.85. The third kappa shape index (κ3) is 2.34. The summed E-state index contributed by atoms with van der Waals surface area (Å²) >= 11 is 0. The van der Waals surface area contributed by atoms with Crippen molar-refractivity contribution in [3.63, 3.8) is 0 Å². The highest BCUT2D eigenvalue weighted by Crippen LogP contribution is 2.64. The molecule has 3 aliphatic rings. The molecule has 6 heteroatoms. The molecule has 1 amide bonds. The number of nitrogens with two attached hydrogens (primary N) is 1. The molecule has 0 aromatic carbocycles. The molecule has 6 nitrogen and oxygen atoms in total. The van der Waals surface area contributed by atoms with Crippen molar-refractivity contribution < 1.29 is 14.7 Å². The lowest BCUT2D eigenvalue weighted by atomic mass is 10.0. The van der Waals surface area contributed by atoms with Crippen molar-refractivity contribution in [2.75, 3.05) is 26.2 Å². The molecule has 118 valence electrons. The fourth-order valence-electron chi connectivity index (χ4n) is 4.33. The maximum Gasteiger partial charge on any atom is 0.326 e. The molecule has 0 spiro atoms. The Hall–Kier alpha value is -1.14. The van der Waals surface area contributed by atoms with Gasteiger partial charge < -0.3 is 20.6 Å². The highest BCUT2D eigenvalue weighted by atomic mass is 16.4. The number of rotatable bonds is 4. The van der Waals surface area contributed by atoms with Gasteiger partial charge >= 0.3 is 5.97 Å². The van der Waals surface area contributed by atoms with E-state index in [1.807, 2.05) is 0 Å². The zero-order valence-corrected chi connectivity index (χ0v) is 12.8. The molecule has 1 aliphatic carbocycles. The maximum absolute atomic E-state index is 12.5. The summed E-state index contributed by atoms with van der Waals surface area (Å²) in [4.78, 5) is 27.8. The number of carbonyl (C=O) groups is 2. The Kier molecular flexibility index (Phi) is 3.48. The molecule has 3 fully saturated rings. The quantitative estimate of drug-likeness (QED) is 0.761. The first-order valence-electron chi connectivity index (χ1n) is 7.85. The summed E-state index contributed by atoms with van der Waals surface area (Å²) in [5.74, 6) is -0.702. The van der Waals surface area contributed by atoms with Crippen LogP contribution in [0.5, 0.6) is 0 Å². The Labute approximate surface area is 125 Å². The summed E-state index contributed by atoms with van der Waals surface area (Å²) in [6.45, 7) is 7.24. The van der Waals surface area contributed by atoms with Crippen molar-refractivity contribution >= 4 is 11.9 Å². The van der Waals surface area contributed by atoms with Crippen LogP contribution >= 0.6 is 0 Å². The molecule has 0 radical (unpaired) electrons. The Bertz CT molecular complexity index is 459. The van der Waals surface area contributed by atoms with Crippen LogP contribution in [0.25, 0.3) is 0 Å². The number of nitrogens with zero attached hydrogens (tertiary/aromatic N) is 2. The molecule has 2 heterocycles. The molecule has 21 heavy (non-hydrogen) atoms. The summed E-state index contributed by atoms with van der Waals surface area (Å²) in [7, 11) is 0. The summed E-state index contributed by atoms with van der Waals surface area (Å²) < 4.78 is 0. The number of carboxylic acids is 1. The van der Waals surface area contributed by atoms with E-state index < -0.39 is 18.1 Å². The van der Waals surface area contributed by atoms with E-state index in [0.29, 0.717) is 19.0 Å². The van der Waals surface area contributed by atoms with Crippen LogP contribution in [0.1, 0.15) is 26.7 Å². The largest absolute Gasteiger partial charge is 0.480 e. The van der Waals surface area contributed by atoms with E-state index >= 15 is 0 Å². The molecule has 3 rings (SSSR count). The molecule has 0 bridgehead atoms. The number of carbonyl (C=O) groups excluding carboxylic acids is 1. The van der Waals surface area contributed by atoms with Gasteiger partial charge in [0.05, 0.1) is 6.04 Å². The summed E-state index contributed by atoms with van der Waals surface area (Å²) in [5, 5.41) is 9.48. The van der Waals surface area contributed by atoms with Crippen LogP contribution in [0.4, 0.5) is 0 Å². The van der Waals surface area contributed by atoms with Crippen LogP contribution in [-0.4, -0.2) is 65.0 Å². The van der Waals surface area contributed by atoms with Gasteiger partial charge in [-0.15, -0.1) is 0 Å². The van der Waals surface area contributed by atoms with Crippen LogP contribution in [0, 0.1) is 17.3 Å². The van der Waals surface area contributed by atoms with Crippen LogP contribution in [0.2, 0.25) is 0 Å². The number of amides is 1. The molecule has 0 aromatic heterocycles. The Morgan fingerprint density at radius 3 is 2.52 bits per heavy atom. The first-order chi connectivity index (χ1) is 9.84. The average Bonchev–Trinajstić information content (AvgIpc) is 2.88. The number of hydrogen-bond donors (Lipinski definition) is 2. The monoisotopic (exact) mass is 295 g/mol.